The van der Waals surface area contributed by atoms with Crippen LogP contribution in [-0.2, 0) is 0 Å². The molecule has 2 nitrogen and oxygen atoms in total. The number of carbonyl (C=O) groups is 1. The Labute approximate surface area is 130 Å². The Morgan fingerprint density at radius 1 is 0.909 bits per heavy atom. The van der Waals surface area contributed by atoms with Gasteiger partial charge in [-0.1, -0.05) is 27.7 Å². The fourth-order valence-electron chi connectivity index (χ4n) is 2.46. The number of phenolic OH excluding ortho intramolecular Hbond substituents is 1. The molecule has 0 saturated carbocycles. The summed E-state index contributed by atoms with van der Waals surface area (Å²) < 4.78 is 13.0. The van der Waals surface area contributed by atoms with Crippen molar-refractivity contribution in [2.24, 2.45) is 0 Å². The molecule has 0 saturated heterocycles. The summed E-state index contributed by atoms with van der Waals surface area (Å²) in [6.45, 7) is 7.91. The van der Waals surface area contributed by atoms with Crippen LogP contribution in [0.5, 0.6) is 5.75 Å². The van der Waals surface area contributed by atoms with Crippen molar-refractivity contribution >= 4 is 5.78 Å². The average Bonchev–Trinajstić information content (AvgIpc) is 2.47. The standard InChI is InChI=1S/C19H21FO2/c1-11(2)16-9-14(10-17(12(3)4)19(16)22)18(21)13-5-7-15(20)8-6-13/h5-12,22H,1-4H3. The van der Waals surface area contributed by atoms with Crippen LogP contribution in [0.25, 0.3) is 0 Å². The van der Waals surface area contributed by atoms with Crippen LogP contribution in [0.4, 0.5) is 4.39 Å². The van der Waals surface area contributed by atoms with Crippen LogP contribution in [-0.4, -0.2) is 10.9 Å². The van der Waals surface area contributed by atoms with Gasteiger partial charge in [0.1, 0.15) is 11.6 Å². The van der Waals surface area contributed by atoms with E-state index >= 15 is 0 Å². The van der Waals surface area contributed by atoms with Crippen LogP contribution < -0.4 is 0 Å². The second kappa shape index (κ2) is 6.30. The van der Waals surface area contributed by atoms with E-state index < -0.39 is 0 Å². The molecule has 0 atom stereocenters. The van der Waals surface area contributed by atoms with Crippen LogP contribution >= 0.6 is 0 Å². The number of ketones is 1. The van der Waals surface area contributed by atoms with Gasteiger partial charge in [0.25, 0.3) is 0 Å². The molecule has 0 aliphatic rings. The van der Waals surface area contributed by atoms with Gasteiger partial charge in [-0.15, -0.1) is 0 Å². The molecule has 0 amide bonds. The lowest BCUT2D eigenvalue weighted by molar-refractivity contribution is 0.103. The summed E-state index contributed by atoms with van der Waals surface area (Å²) in [5, 5.41) is 10.4. The van der Waals surface area contributed by atoms with Crippen molar-refractivity contribution < 1.29 is 14.3 Å². The van der Waals surface area contributed by atoms with Crippen molar-refractivity contribution in [3.05, 3.63) is 64.5 Å². The van der Waals surface area contributed by atoms with E-state index in [0.29, 0.717) is 11.1 Å². The van der Waals surface area contributed by atoms with E-state index in [4.69, 9.17) is 0 Å². The summed E-state index contributed by atoms with van der Waals surface area (Å²) in [6.07, 6.45) is 0. The minimum atomic E-state index is -0.368. The number of phenols is 1. The van der Waals surface area contributed by atoms with E-state index in [1.807, 2.05) is 27.7 Å². The maximum Gasteiger partial charge on any atom is 0.193 e. The van der Waals surface area contributed by atoms with Crippen LogP contribution in [0.15, 0.2) is 36.4 Å². The largest absolute Gasteiger partial charge is 0.507 e. The maximum absolute atomic E-state index is 13.0. The molecule has 116 valence electrons. The van der Waals surface area contributed by atoms with Gasteiger partial charge in [0, 0.05) is 11.1 Å². The minimum absolute atomic E-state index is 0.110. The SMILES string of the molecule is CC(C)c1cc(C(=O)c2ccc(F)cc2)cc(C(C)C)c1O. The molecule has 0 heterocycles. The summed E-state index contributed by atoms with van der Waals surface area (Å²) in [4.78, 5) is 12.6. The highest BCUT2D eigenvalue weighted by Crippen LogP contribution is 2.35. The van der Waals surface area contributed by atoms with Gasteiger partial charge >= 0.3 is 0 Å². The Hall–Kier alpha value is -2.16. The lowest BCUT2D eigenvalue weighted by Gasteiger charge is -2.17. The molecule has 0 fully saturated rings. The van der Waals surface area contributed by atoms with Gasteiger partial charge in [-0.25, -0.2) is 4.39 Å². The van der Waals surface area contributed by atoms with Gasteiger partial charge in [-0.3, -0.25) is 4.79 Å². The van der Waals surface area contributed by atoms with Crippen molar-refractivity contribution in [2.45, 2.75) is 39.5 Å². The van der Waals surface area contributed by atoms with Gasteiger partial charge in [0.05, 0.1) is 0 Å². The molecule has 0 aromatic heterocycles. The summed E-state index contributed by atoms with van der Waals surface area (Å²) >= 11 is 0. The number of hydrogen-bond acceptors (Lipinski definition) is 2. The second-order valence-electron chi connectivity index (χ2n) is 6.15. The first-order valence-corrected chi connectivity index (χ1v) is 7.48. The zero-order valence-electron chi connectivity index (χ0n) is 13.4. The predicted octanol–water partition coefficient (Wildman–Crippen LogP) is 5.01. The number of aromatic hydroxyl groups is 1. The zero-order valence-corrected chi connectivity index (χ0v) is 13.4. The molecule has 2 aromatic carbocycles. The molecule has 0 spiro atoms. The van der Waals surface area contributed by atoms with Crippen molar-refractivity contribution in [1.82, 2.24) is 0 Å². The minimum Gasteiger partial charge on any atom is -0.507 e. The molecular weight excluding hydrogens is 279 g/mol. The van der Waals surface area contributed by atoms with E-state index in [9.17, 15) is 14.3 Å². The molecule has 2 rings (SSSR count). The Bertz CT molecular complexity index is 656. The van der Waals surface area contributed by atoms with Gasteiger partial charge in [0.15, 0.2) is 5.78 Å². The van der Waals surface area contributed by atoms with Gasteiger partial charge in [0.2, 0.25) is 0 Å². The molecule has 0 aliphatic carbocycles. The maximum atomic E-state index is 13.0. The number of benzene rings is 2. The number of halogens is 1. The van der Waals surface area contributed by atoms with Gasteiger partial charge in [-0.2, -0.15) is 0 Å². The summed E-state index contributed by atoms with van der Waals surface area (Å²) in [5.41, 5.74) is 2.49. The number of hydrogen-bond donors (Lipinski definition) is 1. The van der Waals surface area contributed by atoms with Crippen molar-refractivity contribution in [3.8, 4) is 5.75 Å². The van der Waals surface area contributed by atoms with Gasteiger partial charge < -0.3 is 5.11 Å². The Kier molecular flexibility index (Phi) is 4.65. The lowest BCUT2D eigenvalue weighted by atomic mass is 9.89. The predicted molar refractivity (Wildman–Crippen MR) is 86.1 cm³/mol. The third kappa shape index (κ3) is 3.19. The molecular formula is C19H21FO2. The highest BCUT2D eigenvalue weighted by Gasteiger charge is 2.18. The first kappa shape index (κ1) is 16.2. The first-order chi connectivity index (χ1) is 10.3. The molecule has 0 aliphatic heterocycles. The topological polar surface area (TPSA) is 37.3 Å². The normalized spacial score (nSPS) is 11.2. The van der Waals surface area contributed by atoms with E-state index in [0.717, 1.165) is 11.1 Å². The fourth-order valence-corrected chi connectivity index (χ4v) is 2.46. The van der Waals surface area contributed by atoms with Crippen LogP contribution in [0.3, 0.4) is 0 Å². The molecule has 0 unspecified atom stereocenters. The van der Waals surface area contributed by atoms with E-state index in [1.165, 1.54) is 24.3 Å². The van der Waals surface area contributed by atoms with Crippen LogP contribution in [0.2, 0.25) is 0 Å². The molecule has 0 bridgehead atoms. The van der Waals surface area contributed by atoms with Crippen molar-refractivity contribution in [2.75, 3.05) is 0 Å². The highest BCUT2D eigenvalue weighted by atomic mass is 19.1. The van der Waals surface area contributed by atoms with Gasteiger partial charge in [-0.05, 0) is 59.4 Å². The zero-order chi connectivity index (χ0) is 16.4. The third-order valence-electron chi connectivity index (χ3n) is 3.78. The number of rotatable bonds is 4. The average molecular weight is 300 g/mol. The van der Waals surface area contributed by atoms with Crippen LogP contribution in [0, 0.1) is 5.82 Å². The van der Waals surface area contributed by atoms with Crippen molar-refractivity contribution in [3.63, 3.8) is 0 Å². The van der Waals surface area contributed by atoms with E-state index in [-0.39, 0.29) is 29.2 Å². The fraction of sp³-hybridized carbons (Fsp3) is 0.316. The molecule has 2 aromatic rings. The first-order valence-electron chi connectivity index (χ1n) is 7.48. The molecule has 22 heavy (non-hydrogen) atoms. The Morgan fingerprint density at radius 2 is 1.36 bits per heavy atom. The Balaban J connectivity index is 2.55. The second-order valence-corrected chi connectivity index (χ2v) is 6.15. The van der Waals surface area contributed by atoms with Crippen molar-refractivity contribution in [1.29, 1.82) is 0 Å². The molecule has 1 N–H and O–H groups in total. The quantitative estimate of drug-likeness (QED) is 0.806. The highest BCUT2D eigenvalue weighted by molar-refractivity contribution is 6.09. The smallest absolute Gasteiger partial charge is 0.193 e. The van der Waals surface area contributed by atoms with E-state index in [1.54, 1.807) is 12.1 Å². The monoisotopic (exact) mass is 300 g/mol. The summed E-state index contributed by atoms with van der Waals surface area (Å²) in [5.74, 6) is -0.0469. The molecule has 3 heteroatoms. The Morgan fingerprint density at radius 3 is 1.77 bits per heavy atom. The molecule has 0 radical (unpaired) electrons. The number of carbonyl (C=O) groups excluding carboxylic acids is 1. The lowest BCUT2D eigenvalue weighted by Crippen LogP contribution is -2.05. The summed E-state index contributed by atoms with van der Waals surface area (Å²) in [6, 6.07) is 8.99. The summed E-state index contributed by atoms with van der Waals surface area (Å²) in [7, 11) is 0. The van der Waals surface area contributed by atoms with E-state index in [2.05, 4.69) is 0 Å². The third-order valence-corrected chi connectivity index (χ3v) is 3.78. The van der Waals surface area contributed by atoms with Crippen LogP contribution in [0.1, 0.15) is 66.6 Å².